The molecule has 0 amide bonds. The van der Waals surface area contributed by atoms with E-state index in [4.69, 9.17) is 9.47 Å². The van der Waals surface area contributed by atoms with Crippen LogP contribution < -0.4 is 14.8 Å². The van der Waals surface area contributed by atoms with Gasteiger partial charge in [-0.05, 0) is 12.1 Å². The van der Waals surface area contributed by atoms with Crippen LogP contribution in [0.15, 0.2) is 48.5 Å². The van der Waals surface area contributed by atoms with Crippen LogP contribution >= 0.6 is 0 Å². The van der Waals surface area contributed by atoms with Gasteiger partial charge < -0.3 is 14.8 Å². The smallest absolute Gasteiger partial charge is 0.230 e. The summed E-state index contributed by atoms with van der Waals surface area (Å²) < 4.78 is 11.3. The van der Waals surface area contributed by atoms with Crippen molar-refractivity contribution in [1.82, 2.24) is 5.32 Å². The van der Waals surface area contributed by atoms with E-state index in [1.54, 1.807) is 0 Å². The molecule has 0 aliphatic carbocycles. The van der Waals surface area contributed by atoms with Gasteiger partial charge in [-0.2, -0.15) is 0 Å². The van der Waals surface area contributed by atoms with E-state index in [-0.39, 0.29) is 6.79 Å². The van der Waals surface area contributed by atoms with Crippen LogP contribution in [-0.4, -0.2) is 6.79 Å². The molecule has 1 heterocycles. The molecule has 2 aromatic rings. The number of hydrogen-bond acceptors (Lipinski definition) is 3. The zero-order valence-electron chi connectivity index (χ0n) is 10.1. The third kappa shape index (κ3) is 2.31. The number of rotatable bonds is 0. The lowest BCUT2D eigenvalue weighted by Crippen LogP contribution is -2.18. The molecule has 0 aromatic heterocycles. The summed E-state index contributed by atoms with van der Waals surface area (Å²) in [7, 11) is 0. The molecule has 1 aliphatic rings. The maximum Gasteiger partial charge on any atom is 0.230 e. The Morgan fingerprint density at radius 2 is 1.22 bits per heavy atom. The SMILES string of the molecule is c1ccc2c(c1)CNCc1ccccc1OCO2. The molecule has 18 heavy (non-hydrogen) atoms. The van der Waals surface area contributed by atoms with Crippen LogP contribution in [0.2, 0.25) is 0 Å². The Bertz CT molecular complexity index is 444. The van der Waals surface area contributed by atoms with Crippen molar-refractivity contribution in [3.63, 3.8) is 0 Å². The lowest BCUT2D eigenvalue weighted by atomic mass is 10.1. The molecule has 0 saturated carbocycles. The second kappa shape index (κ2) is 5.10. The van der Waals surface area contributed by atoms with Crippen LogP contribution in [-0.2, 0) is 13.1 Å². The molecule has 0 fully saturated rings. The van der Waals surface area contributed by atoms with Crippen molar-refractivity contribution in [1.29, 1.82) is 0 Å². The topological polar surface area (TPSA) is 30.5 Å². The quantitative estimate of drug-likeness (QED) is 0.769. The van der Waals surface area contributed by atoms with Crippen molar-refractivity contribution in [2.75, 3.05) is 6.79 Å². The second-order valence-corrected chi connectivity index (χ2v) is 4.23. The summed E-state index contributed by atoms with van der Waals surface area (Å²) in [6, 6.07) is 16.0. The van der Waals surface area contributed by atoms with Gasteiger partial charge in [0.05, 0.1) is 0 Å². The predicted octanol–water partition coefficient (Wildman–Crippen LogP) is 2.71. The molecule has 1 N–H and O–H groups in total. The van der Waals surface area contributed by atoms with Crippen molar-refractivity contribution in [2.24, 2.45) is 0 Å². The molecule has 3 heteroatoms. The van der Waals surface area contributed by atoms with Crippen molar-refractivity contribution in [2.45, 2.75) is 13.1 Å². The van der Waals surface area contributed by atoms with Gasteiger partial charge in [0.1, 0.15) is 11.5 Å². The molecular weight excluding hydrogens is 226 g/mol. The summed E-state index contributed by atoms with van der Waals surface area (Å²) in [6.45, 7) is 1.84. The van der Waals surface area contributed by atoms with E-state index >= 15 is 0 Å². The van der Waals surface area contributed by atoms with Crippen molar-refractivity contribution in [3.05, 3.63) is 59.7 Å². The first-order valence-corrected chi connectivity index (χ1v) is 6.05. The standard InChI is InChI=1S/C15H15NO2/c1-3-7-14-12(5-1)9-16-10-13-6-2-4-8-15(13)18-11-17-14/h1-8,16H,9-11H2. The van der Waals surface area contributed by atoms with Gasteiger partial charge >= 0.3 is 0 Å². The number of nitrogens with one attached hydrogen (secondary N) is 1. The zero-order valence-corrected chi connectivity index (χ0v) is 10.1. The number of fused-ring (bicyclic) bond motifs is 2. The van der Waals surface area contributed by atoms with Crippen molar-refractivity contribution in [3.8, 4) is 11.5 Å². The minimum Gasteiger partial charge on any atom is -0.457 e. The summed E-state index contributed by atoms with van der Waals surface area (Å²) in [5, 5.41) is 3.41. The second-order valence-electron chi connectivity index (χ2n) is 4.23. The first kappa shape index (κ1) is 11.1. The van der Waals surface area contributed by atoms with Crippen molar-refractivity contribution < 1.29 is 9.47 Å². The highest BCUT2D eigenvalue weighted by molar-refractivity contribution is 5.35. The van der Waals surface area contributed by atoms with E-state index in [0.717, 1.165) is 35.7 Å². The Morgan fingerprint density at radius 3 is 1.78 bits per heavy atom. The molecular formula is C15H15NO2. The van der Waals surface area contributed by atoms with Crippen molar-refractivity contribution >= 4 is 0 Å². The fraction of sp³-hybridized carbons (Fsp3) is 0.200. The van der Waals surface area contributed by atoms with E-state index in [0.29, 0.717) is 0 Å². The van der Waals surface area contributed by atoms with Gasteiger partial charge in [0, 0.05) is 24.2 Å². The summed E-state index contributed by atoms with van der Waals surface area (Å²) in [6.07, 6.45) is 0. The molecule has 92 valence electrons. The Kier molecular flexibility index (Phi) is 3.15. The normalized spacial score (nSPS) is 14.7. The lowest BCUT2D eigenvalue weighted by Gasteiger charge is -2.17. The average Bonchev–Trinajstić information content (AvgIpc) is 2.43. The molecule has 1 aliphatic heterocycles. The molecule has 0 atom stereocenters. The molecule has 0 unspecified atom stereocenters. The molecule has 0 radical (unpaired) electrons. The Labute approximate surface area is 106 Å². The first-order chi connectivity index (χ1) is 8.93. The molecule has 0 saturated heterocycles. The van der Waals surface area contributed by atoms with E-state index in [1.807, 2.05) is 36.4 Å². The van der Waals surface area contributed by atoms with Gasteiger partial charge in [0.2, 0.25) is 6.79 Å². The highest BCUT2D eigenvalue weighted by atomic mass is 16.7. The molecule has 0 bridgehead atoms. The Balaban J connectivity index is 1.85. The summed E-state index contributed by atoms with van der Waals surface area (Å²) >= 11 is 0. The van der Waals surface area contributed by atoms with Crippen LogP contribution in [0.4, 0.5) is 0 Å². The predicted molar refractivity (Wildman–Crippen MR) is 69.6 cm³/mol. The van der Waals surface area contributed by atoms with Gasteiger partial charge in [0.25, 0.3) is 0 Å². The van der Waals surface area contributed by atoms with Gasteiger partial charge in [0.15, 0.2) is 0 Å². The number of hydrogen-bond donors (Lipinski definition) is 1. The molecule has 3 nitrogen and oxygen atoms in total. The van der Waals surface area contributed by atoms with Crippen LogP contribution in [0.3, 0.4) is 0 Å². The minimum atomic E-state index is 0.244. The van der Waals surface area contributed by atoms with Gasteiger partial charge in [-0.1, -0.05) is 36.4 Å². The van der Waals surface area contributed by atoms with Crippen LogP contribution in [0.1, 0.15) is 11.1 Å². The average molecular weight is 241 g/mol. The van der Waals surface area contributed by atoms with Crippen LogP contribution in [0.25, 0.3) is 0 Å². The monoisotopic (exact) mass is 241 g/mol. The van der Waals surface area contributed by atoms with E-state index in [1.165, 1.54) is 0 Å². The van der Waals surface area contributed by atoms with Crippen LogP contribution in [0, 0.1) is 0 Å². The van der Waals surface area contributed by atoms with E-state index < -0.39 is 0 Å². The third-order valence-electron chi connectivity index (χ3n) is 3.00. The highest BCUT2D eigenvalue weighted by Gasteiger charge is 2.08. The maximum absolute atomic E-state index is 5.66. The molecule has 0 spiro atoms. The van der Waals surface area contributed by atoms with E-state index in [9.17, 15) is 0 Å². The lowest BCUT2D eigenvalue weighted by molar-refractivity contribution is 0.116. The zero-order chi connectivity index (χ0) is 12.2. The fourth-order valence-corrected chi connectivity index (χ4v) is 2.07. The Morgan fingerprint density at radius 1 is 0.722 bits per heavy atom. The Hall–Kier alpha value is -2.00. The number of benzene rings is 2. The maximum atomic E-state index is 5.66. The summed E-state index contributed by atoms with van der Waals surface area (Å²) in [5.74, 6) is 1.76. The number of ether oxygens (including phenoxy) is 2. The fourth-order valence-electron chi connectivity index (χ4n) is 2.07. The minimum absolute atomic E-state index is 0.244. The van der Waals surface area contributed by atoms with Gasteiger partial charge in [-0.15, -0.1) is 0 Å². The largest absolute Gasteiger partial charge is 0.457 e. The first-order valence-electron chi connectivity index (χ1n) is 6.05. The van der Waals surface area contributed by atoms with Crippen LogP contribution in [0.5, 0.6) is 11.5 Å². The highest BCUT2D eigenvalue weighted by Crippen LogP contribution is 2.22. The third-order valence-corrected chi connectivity index (χ3v) is 3.00. The number of para-hydroxylation sites is 2. The molecule has 3 rings (SSSR count). The van der Waals surface area contributed by atoms with Gasteiger partial charge in [-0.25, -0.2) is 0 Å². The molecule has 2 aromatic carbocycles. The van der Waals surface area contributed by atoms with E-state index in [2.05, 4.69) is 17.4 Å². The summed E-state index contributed by atoms with van der Waals surface area (Å²) in [4.78, 5) is 0. The van der Waals surface area contributed by atoms with Gasteiger partial charge in [-0.3, -0.25) is 0 Å². The summed E-state index contributed by atoms with van der Waals surface area (Å²) in [5.41, 5.74) is 2.31.